The van der Waals surface area contributed by atoms with Gasteiger partial charge in [0.1, 0.15) is 5.82 Å². The van der Waals surface area contributed by atoms with Crippen molar-refractivity contribution < 1.29 is 14.3 Å². The number of aromatic carboxylic acids is 1. The number of carboxylic acids is 1. The first-order valence-electron chi connectivity index (χ1n) is 6.65. The third kappa shape index (κ3) is 3.13. The number of hydrogen-bond donors (Lipinski definition) is 2. The van der Waals surface area contributed by atoms with Gasteiger partial charge in [-0.15, -0.1) is 0 Å². The summed E-state index contributed by atoms with van der Waals surface area (Å²) in [7, 11) is 0. The van der Waals surface area contributed by atoms with Crippen LogP contribution in [0.5, 0.6) is 0 Å². The zero-order chi connectivity index (χ0) is 14.0. The van der Waals surface area contributed by atoms with Gasteiger partial charge >= 0.3 is 5.97 Å². The van der Waals surface area contributed by atoms with Crippen LogP contribution in [0.1, 0.15) is 49.0 Å². The first-order valence-corrected chi connectivity index (χ1v) is 6.65. The largest absolute Gasteiger partial charge is 0.478 e. The van der Waals surface area contributed by atoms with Gasteiger partial charge in [0.2, 0.25) is 0 Å². The predicted octanol–water partition coefficient (Wildman–Crippen LogP) is 3.19. The maximum absolute atomic E-state index is 13.7. The second-order valence-electron chi connectivity index (χ2n) is 5.93. The molecule has 0 saturated heterocycles. The van der Waals surface area contributed by atoms with Crippen molar-refractivity contribution in [1.82, 2.24) is 5.32 Å². The Balaban J connectivity index is 2.07. The Bertz CT molecular complexity index is 485. The molecule has 3 nitrogen and oxygen atoms in total. The summed E-state index contributed by atoms with van der Waals surface area (Å²) in [5.41, 5.74) is 0.771. The van der Waals surface area contributed by atoms with E-state index in [9.17, 15) is 9.18 Å². The van der Waals surface area contributed by atoms with Gasteiger partial charge in [-0.05, 0) is 36.5 Å². The van der Waals surface area contributed by atoms with Crippen LogP contribution >= 0.6 is 0 Å². The topological polar surface area (TPSA) is 49.3 Å². The summed E-state index contributed by atoms with van der Waals surface area (Å²) < 4.78 is 13.7. The number of benzene rings is 1. The molecule has 0 amide bonds. The lowest BCUT2D eigenvalue weighted by atomic mass is 9.87. The van der Waals surface area contributed by atoms with E-state index in [2.05, 4.69) is 19.2 Å². The predicted molar refractivity (Wildman–Crippen MR) is 71.6 cm³/mol. The van der Waals surface area contributed by atoms with E-state index >= 15 is 0 Å². The van der Waals surface area contributed by atoms with Gasteiger partial charge in [-0.25, -0.2) is 9.18 Å². The van der Waals surface area contributed by atoms with Crippen molar-refractivity contribution in [3.63, 3.8) is 0 Å². The van der Waals surface area contributed by atoms with Crippen molar-refractivity contribution in [2.75, 3.05) is 0 Å². The molecule has 0 radical (unpaired) electrons. The molecule has 19 heavy (non-hydrogen) atoms. The molecule has 4 heteroatoms. The zero-order valence-electron chi connectivity index (χ0n) is 11.4. The average molecular weight is 265 g/mol. The van der Waals surface area contributed by atoms with Gasteiger partial charge in [0.25, 0.3) is 0 Å². The third-order valence-electron chi connectivity index (χ3n) is 4.09. The van der Waals surface area contributed by atoms with E-state index in [0.29, 0.717) is 18.2 Å². The van der Waals surface area contributed by atoms with Crippen molar-refractivity contribution in [3.8, 4) is 0 Å². The molecule has 1 saturated carbocycles. The molecule has 2 rings (SSSR count). The minimum Gasteiger partial charge on any atom is -0.478 e. The van der Waals surface area contributed by atoms with Crippen LogP contribution in [0.15, 0.2) is 18.2 Å². The Hall–Kier alpha value is -1.42. The Labute approximate surface area is 112 Å². The van der Waals surface area contributed by atoms with E-state index < -0.39 is 5.97 Å². The molecule has 1 unspecified atom stereocenters. The highest BCUT2D eigenvalue weighted by molar-refractivity contribution is 5.87. The molecule has 2 N–H and O–H groups in total. The average Bonchev–Trinajstić information content (AvgIpc) is 2.67. The quantitative estimate of drug-likeness (QED) is 0.879. The second-order valence-corrected chi connectivity index (χ2v) is 5.93. The van der Waals surface area contributed by atoms with E-state index in [0.717, 1.165) is 6.42 Å². The van der Waals surface area contributed by atoms with E-state index in [1.54, 1.807) is 0 Å². The molecule has 0 bridgehead atoms. The van der Waals surface area contributed by atoms with Crippen LogP contribution in [-0.4, -0.2) is 17.1 Å². The van der Waals surface area contributed by atoms with Gasteiger partial charge < -0.3 is 10.4 Å². The van der Waals surface area contributed by atoms with E-state index in [1.165, 1.54) is 31.0 Å². The lowest BCUT2D eigenvalue weighted by molar-refractivity contribution is 0.0696. The van der Waals surface area contributed by atoms with Crippen LogP contribution in [0.4, 0.5) is 4.39 Å². The highest BCUT2D eigenvalue weighted by Crippen LogP contribution is 2.37. The van der Waals surface area contributed by atoms with Crippen LogP contribution in [-0.2, 0) is 6.54 Å². The summed E-state index contributed by atoms with van der Waals surface area (Å²) in [6.07, 6.45) is 3.44. The van der Waals surface area contributed by atoms with Crippen molar-refractivity contribution in [3.05, 3.63) is 35.1 Å². The third-order valence-corrected chi connectivity index (χ3v) is 4.09. The van der Waals surface area contributed by atoms with Gasteiger partial charge in [0.15, 0.2) is 0 Å². The highest BCUT2D eigenvalue weighted by atomic mass is 19.1. The monoisotopic (exact) mass is 265 g/mol. The lowest BCUT2D eigenvalue weighted by Crippen LogP contribution is -2.37. The van der Waals surface area contributed by atoms with E-state index in [1.807, 2.05) is 0 Å². The molecule has 0 aliphatic heterocycles. The summed E-state index contributed by atoms with van der Waals surface area (Å²) >= 11 is 0. The summed E-state index contributed by atoms with van der Waals surface area (Å²) in [6.45, 7) is 4.80. The van der Waals surface area contributed by atoms with Crippen LogP contribution in [0, 0.1) is 11.2 Å². The summed E-state index contributed by atoms with van der Waals surface area (Å²) in [5, 5.41) is 12.3. The molecule has 1 aromatic rings. The number of carbonyl (C=O) groups is 1. The standard InChI is InChI=1S/C15H20FNO2/c1-15(2)7-3-4-13(15)17-9-11-8-10(14(18)19)5-6-12(11)16/h5-6,8,13,17H,3-4,7,9H2,1-2H3,(H,18,19). The zero-order valence-corrected chi connectivity index (χ0v) is 11.4. The molecule has 0 heterocycles. The van der Waals surface area contributed by atoms with Crippen LogP contribution in [0.2, 0.25) is 0 Å². The molecule has 1 aromatic carbocycles. The normalized spacial score (nSPS) is 21.5. The molecule has 1 fully saturated rings. The van der Waals surface area contributed by atoms with Gasteiger partial charge in [-0.3, -0.25) is 0 Å². The summed E-state index contributed by atoms with van der Waals surface area (Å²) in [4.78, 5) is 10.9. The van der Waals surface area contributed by atoms with Gasteiger partial charge in [0.05, 0.1) is 5.56 Å². The van der Waals surface area contributed by atoms with E-state index in [-0.39, 0.29) is 16.8 Å². The fourth-order valence-electron chi connectivity index (χ4n) is 2.78. The maximum atomic E-state index is 13.7. The Kier molecular flexibility index (Phi) is 3.90. The van der Waals surface area contributed by atoms with Crippen LogP contribution < -0.4 is 5.32 Å². The van der Waals surface area contributed by atoms with Gasteiger partial charge in [-0.2, -0.15) is 0 Å². The Morgan fingerprint density at radius 1 is 1.53 bits per heavy atom. The maximum Gasteiger partial charge on any atom is 0.335 e. The Morgan fingerprint density at radius 2 is 2.26 bits per heavy atom. The first-order chi connectivity index (χ1) is 8.90. The molecule has 104 valence electrons. The minimum atomic E-state index is -1.03. The van der Waals surface area contributed by atoms with Crippen molar-refractivity contribution in [2.45, 2.75) is 45.7 Å². The minimum absolute atomic E-state index is 0.129. The molecule has 0 spiro atoms. The molecule has 1 atom stereocenters. The molecule has 1 aliphatic carbocycles. The smallest absolute Gasteiger partial charge is 0.335 e. The summed E-state index contributed by atoms with van der Waals surface area (Å²) in [5.74, 6) is -1.38. The lowest BCUT2D eigenvalue weighted by Gasteiger charge is -2.28. The van der Waals surface area contributed by atoms with E-state index in [4.69, 9.17) is 5.11 Å². The molecule has 0 aromatic heterocycles. The molecule has 1 aliphatic rings. The van der Waals surface area contributed by atoms with Crippen molar-refractivity contribution in [1.29, 1.82) is 0 Å². The number of halogens is 1. The molecular formula is C15H20FNO2. The summed E-state index contributed by atoms with van der Waals surface area (Å²) in [6, 6.07) is 4.29. The Morgan fingerprint density at radius 3 is 2.84 bits per heavy atom. The number of carboxylic acid groups (broad SMARTS) is 1. The number of hydrogen-bond acceptors (Lipinski definition) is 2. The van der Waals surface area contributed by atoms with Crippen molar-refractivity contribution >= 4 is 5.97 Å². The highest BCUT2D eigenvalue weighted by Gasteiger charge is 2.33. The fraction of sp³-hybridized carbons (Fsp3) is 0.533. The fourth-order valence-corrected chi connectivity index (χ4v) is 2.78. The van der Waals surface area contributed by atoms with Gasteiger partial charge in [0, 0.05) is 18.2 Å². The number of rotatable bonds is 4. The van der Waals surface area contributed by atoms with Crippen LogP contribution in [0.25, 0.3) is 0 Å². The van der Waals surface area contributed by atoms with Crippen molar-refractivity contribution in [2.24, 2.45) is 5.41 Å². The molecular weight excluding hydrogens is 245 g/mol. The van der Waals surface area contributed by atoms with Gasteiger partial charge in [-0.1, -0.05) is 20.3 Å². The second kappa shape index (κ2) is 5.29. The number of nitrogens with one attached hydrogen (secondary N) is 1. The first kappa shape index (κ1) is 14.0. The van der Waals surface area contributed by atoms with Crippen LogP contribution in [0.3, 0.4) is 0 Å². The SMILES string of the molecule is CC1(C)CCCC1NCc1cc(C(=O)O)ccc1F.